The van der Waals surface area contributed by atoms with Crippen molar-refractivity contribution in [2.75, 3.05) is 0 Å². The predicted molar refractivity (Wildman–Crippen MR) is 46.6 cm³/mol. The second kappa shape index (κ2) is 4.62. The lowest BCUT2D eigenvalue weighted by molar-refractivity contribution is -0.109. The highest BCUT2D eigenvalue weighted by Gasteiger charge is 1.99. The molecule has 0 saturated carbocycles. The summed E-state index contributed by atoms with van der Waals surface area (Å²) in [6, 6.07) is 3.51. The average molecular weight is 164 g/mol. The number of rotatable bonds is 4. The van der Waals surface area contributed by atoms with Crippen molar-refractivity contribution in [3.05, 3.63) is 30.1 Å². The van der Waals surface area contributed by atoms with Crippen LogP contribution in [0, 0.1) is 0 Å². The Bertz CT molecular complexity index is 236. The molecule has 0 bridgehead atoms. The van der Waals surface area contributed by atoms with Crippen molar-refractivity contribution in [3.8, 4) is 0 Å². The van der Waals surface area contributed by atoms with Gasteiger partial charge in [-0.1, -0.05) is 6.07 Å². The summed E-state index contributed by atoms with van der Waals surface area (Å²) in [5, 5.41) is 0. The van der Waals surface area contributed by atoms with Gasteiger partial charge in [-0.2, -0.15) is 0 Å². The van der Waals surface area contributed by atoms with E-state index < -0.39 is 0 Å². The van der Waals surface area contributed by atoms with Gasteiger partial charge in [0, 0.05) is 12.4 Å². The number of aryl methyl sites for hydroxylation is 1. The molecule has 0 aromatic carbocycles. The Morgan fingerprint density at radius 3 is 3.08 bits per heavy atom. The molecule has 2 N–H and O–H groups in total. The number of hydrogen-bond acceptors (Lipinski definition) is 3. The van der Waals surface area contributed by atoms with E-state index in [1.807, 2.05) is 12.1 Å². The molecule has 0 fully saturated rings. The zero-order valence-corrected chi connectivity index (χ0v) is 6.81. The first-order chi connectivity index (χ1) is 5.83. The molecule has 64 valence electrons. The zero-order chi connectivity index (χ0) is 8.81. The summed E-state index contributed by atoms with van der Waals surface area (Å²) in [6.45, 7) is 0. The average Bonchev–Trinajstić information content (AvgIpc) is 2.16. The topological polar surface area (TPSA) is 56.0 Å². The van der Waals surface area contributed by atoms with Crippen LogP contribution in [0.4, 0.5) is 0 Å². The van der Waals surface area contributed by atoms with E-state index in [0.29, 0.717) is 6.42 Å². The first-order valence-electron chi connectivity index (χ1n) is 3.92. The first-order valence-corrected chi connectivity index (χ1v) is 3.92. The monoisotopic (exact) mass is 164 g/mol. The van der Waals surface area contributed by atoms with E-state index in [2.05, 4.69) is 4.98 Å². The molecule has 1 unspecified atom stereocenters. The maximum absolute atomic E-state index is 10.2. The van der Waals surface area contributed by atoms with Crippen molar-refractivity contribution in [1.29, 1.82) is 0 Å². The Morgan fingerprint density at radius 1 is 1.67 bits per heavy atom. The summed E-state index contributed by atoms with van der Waals surface area (Å²) in [5.74, 6) is 0. The maximum Gasteiger partial charge on any atom is 0.136 e. The molecule has 0 radical (unpaired) electrons. The Morgan fingerprint density at radius 2 is 2.50 bits per heavy atom. The standard InChI is InChI=1S/C9H12N2O/c10-9(7-12)4-3-8-2-1-5-11-6-8/h1-2,5-7,9H,3-4,10H2. The van der Waals surface area contributed by atoms with Crippen LogP contribution in [-0.4, -0.2) is 17.3 Å². The lowest BCUT2D eigenvalue weighted by atomic mass is 10.1. The number of aromatic nitrogens is 1. The van der Waals surface area contributed by atoms with Gasteiger partial charge >= 0.3 is 0 Å². The Balaban J connectivity index is 2.38. The Hall–Kier alpha value is -1.22. The lowest BCUT2D eigenvalue weighted by Gasteiger charge is -2.02. The second-order valence-electron chi connectivity index (χ2n) is 2.70. The molecule has 0 spiro atoms. The van der Waals surface area contributed by atoms with Gasteiger partial charge < -0.3 is 10.5 Å². The van der Waals surface area contributed by atoms with Crippen molar-refractivity contribution in [2.45, 2.75) is 18.9 Å². The van der Waals surface area contributed by atoms with Crippen LogP contribution in [0.5, 0.6) is 0 Å². The van der Waals surface area contributed by atoms with E-state index in [4.69, 9.17) is 5.73 Å². The van der Waals surface area contributed by atoms with Crippen LogP contribution >= 0.6 is 0 Å². The maximum atomic E-state index is 10.2. The van der Waals surface area contributed by atoms with Crippen molar-refractivity contribution in [1.82, 2.24) is 4.98 Å². The molecular weight excluding hydrogens is 152 g/mol. The van der Waals surface area contributed by atoms with Gasteiger partial charge in [0.25, 0.3) is 0 Å². The van der Waals surface area contributed by atoms with Gasteiger partial charge in [0.05, 0.1) is 6.04 Å². The minimum Gasteiger partial charge on any atom is -0.322 e. The SMILES string of the molecule is NC(C=O)CCc1cccnc1. The largest absolute Gasteiger partial charge is 0.322 e. The summed E-state index contributed by atoms with van der Waals surface area (Å²) < 4.78 is 0. The molecular formula is C9H12N2O. The molecule has 0 aliphatic carbocycles. The van der Waals surface area contributed by atoms with Crippen LogP contribution in [0.1, 0.15) is 12.0 Å². The van der Waals surface area contributed by atoms with Crippen molar-refractivity contribution in [3.63, 3.8) is 0 Å². The van der Waals surface area contributed by atoms with Gasteiger partial charge in [-0.15, -0.1) is 0 Å². The molecule has 3 nitrogen and oxygen atoms in total. The fraction of sp³-hybridized carbons (Fsp3) is 0.333. The fourth-order valence-corrected chi connectivity index (χ4v) is 0.947. The second-order valence-corrected chi connectivity index (χ2v) is 2.70. The van der Waals surface area contributed by atoms with Gasteiger partial charge in [-0.05, 0) is 24.5 Å². The van der Waals surface area contributed by atoms with Crippen LogP contribution in [-0.2, 0) is 11.2 Å². The predicted octanol–water partition coefficient (Wildman–Crippen LogP) is 0.540. The first kappa shape index (κ1) is 8.87. The van der Waals surface area contributed by atoms with Gasteiger partial charge in [0.2, 0.25) is 0 Å². The summed E-state index contributed by atoms with van der Waals surface area (Å²) in [6.07, 6.45) is 5.79. The highest BCUT2D eigenvalue weighted by molar-refractivity contribution is 5.56. The highest BCUT2D eigenvalue weighted by atomic mass is 16.1. The summed E-state index contributed by atoms with van der Waals surface area (Å²) >= 11 is 0. The van der Waals surface area contributed by atoms with Crippen LogP contribution < -0.4 is 5.73 Å². The van der Waals surface area contributed by atoms with E-state index >= 15 is 0 Å². The minimum absolute atomic E-state index is 0.342. The molecule has 3 heteroatoms. The van der Waals surface area contributed by atoms with Gasteiger partial charge in [0.1, 0.15) is 6.29 Å². The van der Waals surface area contributed by atoms with Crippen LogP contribution in [0.25, 0.3) is 0 Å². The third-order valence-corrected chi connectivity index (χ3v) is 1.66. The number of hydrogen-bond donors (Lipinski definition) is 1. The van der Waals surface area contributed by atoms with Crippen LogP contribution in [0.15, 0.2) is 24.5 Å². The normalized spacial score (nSPS) is 12.4. The molecule has 1 aromatic rings. The van der Waals surface area contributed by atoms with Crippen molar-refractivity contribution < 1.29 is 4.79 Å². The van der Waals surface area contributed by atoms with E-state index in [1.165, 1.54) is 0 Å². The summed E-state index contributed by atoms with van der Waals surface area (Å²) in [5.41, 5.74) is 6.55. The molecule has 12 heavy (non-hydrogen) atoms. The molecule has 0 aliphatic rings. The van der Waals surface area contributed by atoms with Gasteiger partial charge in [-0.25, -0.2) is 0 Å². The molecule has 1 rings (SSSR count). The Kier molecular flexibility index (Phi) is 3.41. The number of nitrogens with zero attached hydrogens (tertiary/aromatic N) is 1. The minimum atomic E-state index is -0.342. The van der Waals surface area contributed by atoms with Crippen LogP contribution in [0.2, 0.25) is 0 Å². The molecule has 0 aliphatic heterocycles. The van der Waals surface area contributed by atoms with Crippen LogP contribution in [0.3, 0.4) is 0 Å². The number of pyridine rings is 1. The number of carbonyl (C=O) groups is 1. The third-order valence-electron chi connectivity index (χ3n) is 1.66. The zero-order valence-electron chi connectivity index (χ0n) is 6.81. The third kappa shape index (κ3) is 2.80. The van der Waals surface area contributed by atoms with Gasteiger partial charge in [0.15, 0.2) is 0 Å². The summed E-state index contributed by atoms with van der Waals surface area (Å²) in [7, 11) is 0. The fourth-order valence-electron chi connectivity index (χ4n) is 0.947. The summed E-state index contributed by atoms with van der Waals surface area (Å²) in [4.78, 5) is 14.1. The van der Waals surface area contributed by atoms with E-state index in [-0.39, 0.29) is 6.04 Å². The van der Waals surface area contributed by atoms with E-state index in [0.717, 1.165) is 18.3 Å². The molecule has 1 aromatic heterocycles. The molecule has 1 heterocycles. The van der Waals surface area contributed by atoms with Crippen molar-refractivity contribution in [2.24, 2.45) is 5.73 Å². The Labute approximate surface area is 71.6 Å². The smallest absolute Gasteiger partial charge is 0.136 e. The van der Waals surface area contributed by atoms with Crippen molar-refractivity contribution >= 4 is 6.29 Å². The van der Waals surface area contributed by atoms with E-state index in [9.17, 15) is 4.79 Å². The molecule has 1 atom stereocenters. The molecule has 0 amide bonds. The molecule has 0 saturated heterocycles. The quantitative estimate of drug-likeness (QED) is 0.661. The van der Waals surface area contributed by atoms with E-state index in [1.54, 1.807) is 12.4 Å². The lowest BCUT2D eigenvalue weighted by Crippen LogP contribution is -2.21. The number of nitrogens with two attached hydrogens (primary N) is 1. The number of carbonyl (C=O) groups excluding carboxylic acids is 1. The number of aldehydes is 1. The van der Waals surface area contributed by atoms with Gasteiger partial charge in [-0.3, -0.25) is 4.98 Å². The highest BCUT2D eigenvalue weighted by Crippen LogP contribution is 2.00.